The molecule has 0 amide bonds. The molecule has 72 valence electrons. The number of nitrogens with zero attached hydrogens (tertiary/aromatic N) is 2. The molecule has 0 fully saturated rings. The lowest BCUT2D eigenvalue weighted by Gasteiger charge is -2.32. The van der Waals surface area contributed by atoms with Gasteiger partial charge in [0.1, 0.15) is 0 Å². The molecule has 2 rings (SSSR count). The predicted octanol–water partition coefficient (Wildman–Crippen LogP) is 2.36. The highest BCUT2D eigenvalue weighted by atomic mass is 32.2. The molecule has 0 aromatic carbocycles. The molecule has 0 spiro atoms. The van der Waals surface area contributed by atoms with Gasteiger partial charge in [0.05, 0.1) is 15.6 Å². The second-order valence-electron chi connectivity index (χ2n) is 3.30. The first kappa shape index (κ1) is 9.21. The molecule has 0 bridgehead atoms. The molecular formula is C9H14N2S2. The van der Waals surface area contributed by atoms with Crippen molar-refractivity contribution in [2.24, 2.45) is 0 Å². The van der Waals surface area contributed by atoms with E-state index in [4.69, 9.17) is 0 Å². The molecule has 1 aromatic rings. The minimum Gasteiger partial charge on any atom is -0.370 e. The summed E-state index contributed by atoms with van der Waals surface area (Å²) in [5.41, 5.74) is 2.81. The summed E-state index contributed by atoms with van der Waals surface area (Å²) in [4.78, 5) is 4.70. The number of thioether (sulfide) groups is 1. The van der Waals surface area contributed by atoms with Crippen molar-refractivity contribution in [3.05, 3.63) is 5.38 Å². The Morgan fingerprint density at radius 3 is 2.69 bits per heavy atom. The van der Waals surface area contributed by atoms with Crippen LogP contribution in [0, 0.1) is 0 Å². The Bertz CT molecular complexity index is 309. The molecule has 2 heterocycles. The normalized spacial score (nSPS) is 16.2. The van der Waals surface area contributed by atoms with Crippen LogP contribution in [0.2, 0.25) is 0 Å². The fourth-order valence-corrected chi connectivity index (χ4v) is 3.49. The molecule has 0 saturated heterocycles. The summed E-state index contributed by atoms with van der Waals surface area (Å²) < 4.78 is 1.43. The maximum Gasteiger partial charge on any atom is 0.0852 e. The highest BCUT2D eigenvalue weighted by Crippen LogP contribution is 2.44. The molecule has 13 heavy (non-hydrogen) atoms. The Morgan fingerprint density at radius 2 is 2.00 bits per heavy atom. The van der Waals surface area contributed by atoms with E-state index in [2.05, 4.69) is 35.5 Å². The topological polar surface area (TPSA) is 6.48 Å². The molecular weight excluding hydrogens is 200 g/mol. The van der Waals surface area contributed by atoms with Crippen molar-refractivity contribution in [3.63, 3.8) is 0 Å². The van der Waals surface area contributed by atoms with Crippen molar-refractivity contribution < 1.29 is 0 Å². The van der Waals surface area contributed by atoms with E-state index in [0.717, 1.165) is 13.1 Å². The van der Waals surface area contributed by atoms with Crippen LogP contribution in [0.5, 0.6) is 0 Å². The Kier molecular flexibility index (Phi) is 2.43. The van der Waals surface area contributed by atoms with E-state index >= 15 is 0 Å². The van der Waals surface area contributed by atoms with Crippen molar-refractivity contribution in [2.75, 3.05) is 43.2 Å². The highest BCUT2D eigenvalue weighted by Gasteiger charge is 2.22. The average molecular weight is 214 g/mol. The predicted molar refractivity (Wildman–Crippen MR) is 62.6 cm³/mol. The van der Waals surface area contributed by atoms with Gasteiger partial charge in [0.25, 0.3) is 0 Å². The van der Waals surface area contributed by atoms with E-state index in [1.165, 1.54) is 15.6 Å². The Morgan fingerprint density at radius 1 is 1.31 bits per heavy atom. The Hall–Kier alpha value is -0.350. The largest absolute Gasteiger partial charge is 0.370 e. The molecule has 0 atom stereocenters. The maximum absolute atomic E-state index is 2.36. The fourth-order valence-electron chi connectivity index (χ4n) is 1.62. The minimum absolute atomic E-state index is 1.13. The first-order valence-electron chi connectivity index (χ1n) is 4.31. The Balaban J connectivity index is 2.47. The second-order valence-corrected chi connectivity index (χ2v) is 5.26. The number of fused-ring (bicyclic) bond motifs is 1. The van der Waals surface area contributed by atoms with Crippen LogP contribution in [-0.4, -0.2) is 33.4 Å². The van der Waals surface area contributed by atoms with Crippen molar-refractivity contribution in [1.29, 1.82) is 0 Å². The lowest BCUT2D eigenvalue weighted by atomic mass is 10.3. The summed E-state index contributed by atoms with van der Waals surface area (Å²) in [6, 6.07) is 0. The molecule has 0 aliphatic carbocycles. The summed E-state index contributed by atoms with van der Waals surface area (Å²) in [6.07, 6.45) is 2.15. The molecule has 0 N–H and O–H groups in total. The molecule has 2 nitrogen and oxygen atoms in total. The molecule has 1 aliphatic rings. The lowest BCUT2D eigenvalue weighted by molar-refractivity contribution is 0.796. The summed E-state index contributed by atoms with van der Waals surface area (Å²) in [5.74, 6) is 0. The summed E-state index contributed by atoms with van der Waals surface area (Å²) >= 11 is 3.70. The van der Waals surface area contributed by atoms with Gasteiger partial charge in [-0.05, 0) is 6.26 Å². The maximum atomic E-state index is 2.36. The molecule has 4 heteroatoms. The van der Waals surface area contributed by atoms with E-state index in [1.54, 1.807) is 0 Å². The monoisotopic (exact) mass is 214 g/mol. The minimum atomic E-state index is 1.13. The second kappa shape index (κ2) is 3.42. The van der Waals surface area contributed by atoms with Gasteiger partial charge < -0.3 is 9.80 Å². The standard InChI is InChI=1S/C9H14N2S2/c1-10-4-5-11(2)8-7(10)6-13-9(8)12-3/h6H,4-5H2,1-3H3. The van der Waals surface area contributed by atoms with Crippen molar-refractivity contribution >= 4 is 34.5 Å². The van der Waals surface area contributed by atoms with Gasteiger partial charge in [0, 0.05) is 32.6 Å². The van der Waals surface area contributed by atoms with Crippen molar-refractivity contribution in [2.45, 2.75) is 4.21 Å². The van der Waals surface area contributed by atoms with Crippen LogP contribution in [0.3, 0.4) is 0 Å². The van der Waals surface area contributed by atoms with E-state index in [9.17, 15) is 0 Å². The number of anilines is 2. The number of hydrogen-bond acceptors (Lipinski definition) is 4. The smallest absolute Gasteiger partial charge is 0.0852 e. The van der Waals surface area contributed by atoms with Gasteiger partial charge in [-0.2, -0.15) is 0 Å². The Labute approximate surface area is 87.5 Å². The summed E-state index contributed by atoms with van der Waals surface area (Å²) in [7, 11) is 4.35. The average Bonchev–Trinajstić information content (AvgIpc) is 2.56. The SMILES string of the molecule is CSc1scc2c1N(C)CCN2C. The van der Waals surface area contributed by atoms with E-state index in [1.807, 2.05) is 23.1 Å². The van der Waals surface area contributed by atoms with Crippen LogP contribution in [0.1, 0.15) is 0 Å². The molecule has 1 aliphatic heterocycles. The summed E-state index contributed by atoms with van der Waals surface area (Å²) in [6.45, 7) is 2.27. The van der Waals surface area contributed by atoms with E-state index in [0.29, 0.717) is 0 Å². The van der Waals surface area contributed by atoms with Crippen molar-refractivity contribution in [3.8, 4) is 0 Å². The van der Waals surface area contributed by atoms with Gasteiger partial charge in [-0.15, -0.1) is 23.1 Å². The fraction of sp³-hybridized carbons (Fsp3) is 0.556. The summed E-state index contributed by atoms with van der Waals surface area (Å²) in [5, 5.41) is 2.26. The first-order chi connectivity index (χ1) is 6.24. The van der Waals surface area contributed by atoms with Crippen LogP contribution in [0.4, 0.5) is 11.4 Å². The molecule has 1 aromatic heterocycles. The van der Waals surface area contributed by atoms with Crippen LogP contribution in [0.25, 0.3) is 0 Å². The zero-order valence-corrected chi connectivity index (χ0v) is 9.84. The zero-order chi connectivity index (χ0) is 9.42. The van der Waals surface area contributed by atoms with Gasteiger partial charge >= 0.3 is 0 Å². The number of hydrogen-bond donors (Lipinski definition) is 0. The van der Waals surface area contributed by atoms with Crippen LogP contribution in [-0.2, 0) is 0 Å². The molecule has 0 saturated carbocycles. The van der Waals surface area contributed by atoms with Crippen molar-refractivity contribution in [1.82, 2.24) is 0 Å². The van der Waals surface area contributed by atoms with Gasteiger partial charge in [0.15, 0.2) is 0 Å². The molecule has 0 unspecified atom stereocenters. The van der Waals surface area contributed by atoms with E-state index < -0.39 is 0 Å². The third kappa shape index (κ3) is 1.42. The first-order valence-corrected chi connectivity index (χ1v) is 6.42. The van der Waals surface area contributed by atoms with E-state index in [-0.39, 0.29) is 0 Å². The lowest BCUT2D eigenvalue weighted by Crippen LogP contribution is -2.36. The van der Waals surface area contributed by atoms with Gasteiger partial charge in [-0.25, -0.2) is 0 Å². The zero-order valence-electron chi connectivity index (χ0n) is 8.20. The quantitative estimate of drug-likeness (QED) is 0.663. The van der Waals surface area contributed by atoms with Gasteiger partial charge in [0.2, 0.25) is 0 Å². The third-order valence-corrected chi connectivity index (χ3v) is 4.56. The molecule has 0 radical (unpaired) electrons. The van der Waals surface area contributed by atoms with Crippen LogP contribution in [0.15, 0.2) is 9.59 Å². The number of rotatable bonds is 1. The van der Waals surface area contributed by atoms with Gasteiger partial charge in [-0.1, -0.05) is 0 Å². The van der Waals surface area contributed by atoms with Gasteiger partial charge in [-0.3, -0.25) is 0 Å². The third-order valence-electron chi connectivity index (χ3n) is 2.46. The van der Waals surface area contributed by atoms with Crippen LogP contribution < -0.4 is 9.80 Å². The number of thiophene rings is 1. The van der Waals surface area contributed by atoms with Crippen LogP contribution >= 0.6 is 23.1 Å². The number of likely N-dealkylation sites (N-methyl/N-ethyl adjacent to an activating group) is 2. The highest BCUT2D eigenvalue weighted by molar-refractivity contribution is 8.00.